The molecule has 110 valence electrons. The molecule has 1 aliphatic rings. The number of aliphatic hydroxyl groups excluding tert-OH is 1. The highest BCUT2D eigenvalue weighted by molar-refractivity contribution is 6.32. The van der Waals surface area contributed by atoms with E-state index in [2.05, 4.69) is 20.5 Å². The van der Waals surface area contributed by atoms with Gasteiger partial charge in [0.1, 0.15) is 0 Å². The van der Waals surface area contributed by atoms with Crippen molar-refractivity contribution in [2.75, 3.05) is 31.5 Å². The Morgan fingerprint density at radius 3 is 2.95 bits per heavy atom. The van der Waals surface area contributed by atoms with Crippen molar-refractivity contribution in [1.29, 1.82) is 0 Å². The summed E-state index contributed by atoms with van der Waals surface area (Å²) in [7, 11) is 0. The second kappa shape index (κ2) is 7.42. The molecule has 6 nitrogen and oxygen atoms in total. The van der Waals surface area contributed by atoms with Gasteiger partial charge in [-0.2, -0.15) is 0 Å². The number of pyridine rings is 1. The molecule has 3 N–H and O–H groups in total. The summed E-state index contributed by atoms with van der Waals surface area (Å²) in [5.74, 6) is 0. The monoisotopic (exact) mass is 298 g/mol. The second-order valence-corrected chi connectivity index (χ2v) is 5.20. The van der Waals surface area contributed by atoms with Crippen LogP contribution < -0.4 is 10.6 Å². The van der Waals surface area contributed by atoms with Crippen LogP contribution >= 0.6 is 11.6 Å². The predicted octanol–water partition coefficient (Wildman–Crippen LogP) is 1.31. The van der Waals surface area contributed by atoms with Gasteiger partial charge < -0.3 is 20.6 Å². The maximum absolute atomic E-state index is 11.7. The lowest BCUT2D eigenvalue weighted by Crippen LogP contribution is -2.40. The lowest BCUT2D eigenvalue weighted by molar-refractivity contribution is 0.125. The van der Waals surface area contributed by atoms with Crippen molar-refractivity contribution in [3.63, 3.8) is 0 Å². The molecule has 2 amide bonds. The van der Waals surface area contributed by atoms with E-state index >= 15 is 0 Å². The summed E-state index contributed by atoms with van der Waals surface area (Å²) in [6.07, 6.45) is 3.34. The van der Waals surface area contributed by atoms with Crippen LogP contribution in [0.5, 0.6) is 0 Å². The average molecular weight is 299 g/mol. The van der Waals surface area contributed by atoms with E-state index in [1.807, 2.05) is 0 Å². The van der Waals surface area contributed by atoms with Crippen LogP contribution in [-0.2, 0) is 0 Å². The van der Waals surface area contributed by atoms with Crippen molar-refractivity contribution < 1.29 is 9.90 Å². The summed E-state index contributed by atoms with van der Waals surface area (Å²) in [5.41, 5.74) is 0.445. The average Bonchev–Trinajstić information content (AvgIpc) is 2.92. The van der Waals surface area contributed by atoms with Gasteiger partial charge >= 0.3 is 6.03 Å². The number of halogens is 1. The lowest BCUT2D eigenvalue weighted by atomic mass is 10.3. The van der Waals surface area contributed by atoms with Crippen molar-refractivity contribution in [3.05, 3.63) is 23.5 Å². The van der Waals surface area contributed by atoms with E-state index in [1.165, 1.54) is 12.8 Å². The van der Waals surface area contributed by atoms with E-state index in [0.717, 1.165) is 13.1 Å². The first-order valence-electron chi connectivity index (χ1n) is 6.71. The SMILES string of the molecule is O=C(NCC(O)CN1CCCC1)Nc1cccnc1Cl. The third-order valence-electron chi connectivity index (χ3n) is 3.17. The molecule has 0 bridgehead atoms. The molecule has 2 rings (SSSR count). The summed E-state index contributed by atoms with van der Waals surface area (Å²) in [6, 6.07) is 2.94. The molecule has 1 saturated heterocycles. The third-order valence-corrected chi connectivity index (χ3v) is 3.47. The first-order valence-corrected chi connectivity index (χ1v) is 7.09. The number of hydrogen-bond donors (Lipinski definition) is 3. The lowest BCUT2D eigenvalue weighted by Gasteiger charge is -2.19. The van der Waals surface area contributed by atoms with E-state index in [9.17, 15) is 9.90 Å². The maximum Gasteiger partial charge on any atom is 0.319 e. The number of nitrogens with zero attached hydrogens (tertiary/aromatic N) is 2. The molecule has 1 aromatic rings. The third kappa shape index (κ3) is 4.63. The number of carbonyl (C=O) groups excluding carboxylic acids is 1. The molecule has 7 heteroatoms. The molecule has 1 aliphatic heterocycles. The Hall–Kier alpha value is -1.37. The number of hydrogen-bond acceptors (Lipinski definition) is 4. The Bertz CT molecular complexity index is 452. The zero-order valence-electron chi connectivity index (χ0n) is 11.2. The number of urea groups is 1. The van der Waals surface area contributed by atoms with Gasteiger partial charge in [0.25, 0.3) is 0 Å². The number of anilines is 1. The molecular weight excluding hydrogens is 280 g/mol. The van der Waals surface area contributed by atoms with Gasteiger partial charge in [-0.05, 0) is 38.1 Å². The Morgan fingerprint density at radius 2 is 2.25 bits per heavy atom. The van der Waals surface area contributed by atoms with Gasteiger partial charge in [0, 0.05) is 19.3 Å². The van der Waals surface area contributed by atoms with Crippen LogP contribution in [-0.4, -0.2) is 53.3 Å². The number of carbonyl (C=O) groups is 1. The van der Waals surface area contributed by atoms with E-state index in [0.29, 0.717) is 12.2 Å². The van der Waals surface area contributed by atoms with Gasteiger partial charge in [-0.25, -0.2) is 9.78 Å². The predicted molar refractivity (Wildman–Crippen MR) is 77.9 cm³/mol. The van der Waals surface area contributed by atoms with Crippen LogP contribution in [0, 0.1) is 0 Å². The standard InChI is InChI=1S/C13H19ClN4O2/c14-12-11(4-3-5-15-12)17-13(20)16-8-10(19)9-18-6-1-2-7-18/h3-5,10,19H,1-2,6-9H2,(H2,16,17,20). The van der Waals surface area contributed by atoms with E-state index in [1.54, 1.807) is 18.3 Å². The molecule has 0 aliphatic carbocycles. The first-order chi connectivity index (χ1) is 9.65. The van der Waals surface area contributed by atoms with Crippen molar-refractivity contribution in [1.82, 2.24) is 15.2 Å². The van der Waals surface area contributed by atoms with Gasteiger partial charge in [0.15, 0.2) is 5.15 Å². The highest BCUT2D eigenvalue weighted by Gasteiger charge is 2.16. The van der Waals surface area contributed by atoms with Crippen molar-refractivity contribution >= 4 is 23.3 Å². The number of nitrogens with one attached hydrogen (secondary N) is 2. The largest absolute Gasteiger partial charge is 0.390 e. The van der Waals surface area contributed by atoms with Crippen molar-refractivity contribution in [2.45, 2.75) is 18.9 Å². The molecule has 1 atom stereocenters. The molecule has 1 unspecified atom stereocenters. The molecule has 0 radical (unpaired) electrons. The zero-order chi connectivity index (χ0) is 14.4. The molecule has 0 saturated carbocycles. The minimum Gasteiger partial charge on any atom is -0.390 e. The van der Waals surface area contributed by atoms with Gasteiger partial charge in [-0.15, -0.1) is 0 Å². The smallest absolute Gasteiger partial charge is 0.319 e. The van der Waals surface area contributed by atoms with Crippen molar-refractivity contribution in [2.24, 2.45) is 0 Å². The van der Waals surface area contributed by atoms with Gasteiger partial charge in [-0.1, -0.05) is 11.6 Å². The molecule has 1 aromatic heterocycles. The van der Waals surface area contributed by atoms with Gasteiger partial charge in [0.2, 0.25) is 0 Å². The summed E-state index contributed by atoms with van der Waals surface area (Å²) < 4.78 is 0. The van der Waals surface area contributed by atoms with Gasteiger partial charge in [-0.3, -0.25) is 0 Å². The molecule has 0 aromatic carbocycles. The number of aromatic nitrogens is 1. The molecule has 1 fully saturated rings. The maximum atomic E-state index is 11.7. The highest BCUT2D eigenvalue weighted by Crippen LogP contribution is 2.16. The normalized spacial score (nSPS) is 16.9. The molecule has 2 heterocycles. The second-order valence-electron chi connectivity index (χ2n) is 4.84. The number of β-amino-alcohol motifs (C(OH)–C–C–N with tert-alkyl or cyclic N) is 1. The molecular formula is C13H19ClN4O2. The Kier molecular flexibility index (Phi) is 5.58. The Labute approximate surface area is 123 Å². The number of aliphatic hydroxyl groups is 1. The van der Waals surface area contributed by atoms with E-state index in [4.69, 9.17) is 11.6 Å². The van der Waals surface area contributed by atoms with Crippen LogP contribution in [0.3, 0.4) is 0 Å². The summed E-state index contributed by atoms with van der Waals surface area (Å²) >= 11 is 5.83. The number of likely N-dealkylation sites (tertiary alicyclic amines) is 1. The van der Waals surface area contributed by atoms with E-state index in [-0.39, 0.29) is 11.7 Å². The fraction of sp³-hybridized carbons (Fsp3) is 0.538. The van der Waals surface area contributed by atoms with Crippen LogP contribution in [0.1, 0.15) is 12.8 Å². The number of amides is 2. The van der Waals surface area contributed by atoms with Crippen LogP contribution in [0.25, 0.3) is 0 Å². The summed E-state index contributed by atoms with van der Waals surface area (Å²) in [4.78, 5) is 17.7. The summed E-state index contributed by atoms with van der Waals surface area (Å²) in [6.45, 7) is 2.84. The summed E-state index contributed by atoms with van der Waals surface area (Å²) in [5, 5.41) is 15.3. The minimum atomic E-state index is -0.566. The number of rotatable bonds is 5. The van der Waals surface area contributed by atoms with Crippen LogP contribution in [0.15, 0.2) is 18.3 Å². The first kappa shape index (κ1) is 15.0. The minimum absolute atomic E-state index is 0.209. The highest BCUT2D eigenvalue weighted by atomic mass is 35.5. The molecule has 20 heavy (non-hydrogen) atoms. The molecule has 0 spiro atoms. The quantitative estimate of drug-likeness (QED) is 0.716. The van der Waals surface area contributed by atoms with Crippen LogP contribution in [0.2, 0.25) is 5.15 Å². The Balaban J connectivity index is 1.70. The Morgan fingerprint density at radius 1 is 1.50 bits per heavy atom. The topological polar surface area (TPSA) is 77.5 Å². The van der Waals surface area contributed by atoms with E-state index < -0.39 is 12.1 Å². The fourth-order valence-corrected chi connectivity index (χ4v) is 2.35. The van der Waals surface area contributed by atoms with Gasteiger partial charge in [0.05, 0.1) is 11.8 Å². The van der Waals surface area contributed by atoms with Crippen LogP contribution in [0.4, 0.5) is 10.5 Å². The van der Waals surface area contributed by atoms with Crippen molar-refractivity contribution in [3.8, 4) is 0 Å². The fourth-order valence-electron chi connectivity index (χ4n) is 2.18. The zero-order valence-corrected chi connectivity index (χ0v) is 11.9.